The van der Waals surface area contributed by atoms with Crippen molar-refractivity contribution in [3.8, 4) is 0 Å². The SMILES string of the molecule is C1=CCC(C2CCCS2)OC1. The van der Waals surface area contributed by atoms with E-state index in [0.29, 0.717) is 6.10 Å². The topological polar surface area (TPSA) is 9.23 Å². The highest BCUT2D eigenvalue weighted by molar-refractivity contribution is 8.00. The molecule has 62 valence electrons. The van der Waals surface area contributed by atoms with E-state index < -0.39 is 0 Å². The maximum absolute atomic E-state index is 5.65. The summed E-state index contributed by atoms with van der Waals surface area (Å²) in [4.78, 5) is 0. The highest BCUT2D eigenvalue weighted by atomic mass is 32.2. The summed E-state index contributed by atoms with van der Waals surface area (Å²) >= 11 is 2.09. The largest absolute Gasteiger partial charge is 0.373 e. The predicted molar refractivity (Wildman–Crippen MR) is 49.0 cm³/mol. The average molecular weight is 170 g/mol. The minimum atomic E-state index is 0.521. The monoisotopic (exact) mass is 170 g/mol. The van der Waals surface area contributed by atoms with Gasteiger partial charge in [0.05, 0.1) is 12.7 Å². The first-order valence-electron chi connectivity index (χ1n) is 4.35. The third kappa shape index (κ3) is 1.79. The van der Waals surface area contributed by atoms with Crippen LogP contribution in [0.2, 0.25) is 0 Å². The van der Waals surface area contributed by atoms with Crippen LogP contribution in [-0.2, 0) is 4.74 Å². The van der Waals surface area contributed by atoms with Gasteiger partial charge in [-0.05, 0) is 25.0 Å². The van der Waals surface area contributed by atoms with Crippen molar-refractivity contribution in [3.63, 3.8) is 0 Å². The number of thioether (sulfide) groups is 1. The van der Waals surface area contributed by atoms with Gasteiger partial charge >= 0.3 is 0 Å². The Morgan fingerprint density at radius 3 is 3.00 bits per heavy atom. The molecule has 0 N–H and O–H groups in total. The van der Waals surface area contributed by atoms with Crippen molar-refractivity contribution in [1.29, 1.82) is 0 Å². The van der Waals surface area contributed by atoms with E-state index in [1.54, 1.807) is 0 Å². The Labute approximate surface area is 72.2 Å². The van der Waals surface area contributed by atoms with Crippen molar-refractivity contribution in [2.24, 2.45) is 0 Å². The third-order valence-electron chi connectivity index (χ3n) is 2.32. The number of ether oxygens (including phenoxy) is 1. The van der Waals surface area contributed by atoms with Crippen LogP contribution in [0, 0.1) is 0 Å². The fourth-order valence-corrected chi connectivity index (χ4v) is 3.07. The van der Waals surface area contributed by atoms with Crippen molar-refractivity contribution >= 4 is 11.8 Å². The van der Waals surface area contributed by atoms with Gasteiger partial charge in [0.1, 0.15) is 0 Å². The quantitative estimate of drug-likeness (QED) is 0.558. The summed E-state index contributed by atoms with van der Waals surface area (Å²) < 4.78 is 5.65. The van der Waals surface area contributed by atoms with Gasteiger partial charge in [0.2, 0.25) is 0 Å². The maximum Gasteiger partial charge on any atom is 0.0732 e. The van der Waals surface area contributed by atoms with Crippen LogP contribution in [0.4, 0.5) is 0 Å². The van der Waals surface area contributed by atoms with Gasteiger partial charge in [-0.25, -0.2) is 0 Å². The van der Waals surface area contributed by atoms with Crippen LogP contribution in [0.3, 0.4) is 0 Å². The summed E-state index contributed by atoms with van der Waals surface area (Å²) in [6, 6.07) is 0. The molecule has 1 fully saturated rings. The highest BCUT2D eigenvalue weighted by Crippen LogP contribution is 2.32. The maximum atomic E-state index is 5.65. The van der Waals surface area contributed by atoms with E-state index in [1.807, 2.05) is 0 Å². The standard InChI is InChI=1S/C9H14OS/c1-2-6-10-8(4-1)9-5-3-7-11-9/h1-2,8-9H,3-7H2. The summed E-state index contributed by atoms with van der Waals surface area (Å²) in [7, 11) is 0. The Morgan fingerprint density at radius 1 is 1.36 bits per heavy atom. The zero-order chi connectivity index (χ0) is 7.52. The molecule has 2 rings (SSSR count). The molecule has 0 aliphatic carbocycles. The number of rotatable bonds is 1. The summed E-state index contributed by atoms with van der Waals surface area (Å²) in [6.07, 6.45) is 8.79. The molecule has 2 heteroatoms. The van der Waals surface area contributed by atoms with E-state index in [9.17, 15) is 0 Å². The molecule has 0 spiro atoms. The lowest BCUT2D eigenvalue weighted by molar-refractivity contribution is 0.0659. The van der Waals surface area contributed by atoms with Gasteiger partial charge in [-0.15, -0.1) is 0 Å². The van der Waals surface area contributed by atoms with Crippen LogP contribution in [0.5, 0.6) is 0 Å². The lowest BCUT2D eigenvalue weighted by Crippen LogP contribution is -2.26. The third-order valence-corrected chi connectivity index (χ3v) is 3.81. The van der Waals surface area contributed by atoms with Gasteiger partial charge in [-0.1, -0.05) is 12.2 Å². The molecule has 0 saturated carbocycles. The second-order valence-electron chi connectivity index (χ2n) is 3.13. The van der Waals surface area contributed by atoms with Crippen LogP contribution in [-0.4, -0.2) is 23.7 Å². The molecular weight excluding hydrogens is 156 g/mol. The normalized spacial score (nSPS) is 37.8. The van der Waals surface area contributed by atoms with Gasteiger partial charge in [0.15, 0.2) is 0 Å². The highest BCUT2D eigenvalue weighted by Gasteiger charge is 2.25. The van der Waals surface area contributed by atoms with E-state index in [1.165, 1.54) is 18.6 Å². The first-order valence-corrected chi connectivity index (χ1v) is 5.40. The van der Waals surface area contributed by atoms with Gasteiger partial charge in [-0.3, -0.25) is 0 Å². The Morgan fingerprint density at radius 2 is 2.36 bits per heavy atom. The van der Waals surface area contributed by atoms with Gasteiger partial charge < -0.3 is 4.74 Å². The molecule has 2 aliphatic rings. The first-order chi connectivity index (χ1) is 5.47. The summed E-state index contributed by atoms with van der Waals surface area (Å²) in [6.45, 7) is 0.835. The van der Waals surface area contributed by atoms with Crippen molar-refractivity contribution in [2.45, 2.75) is 30.6 Å². The second-order valence-corrected chi connectivity index (χ2v) is 4.48. The van der Waals surface area contributed by atoms with E-state index in [-0.39, 0.29) is 0 Å². The van der Waals surface area contributed by atoms with E-state index in [2.05, 4.69) is 23.9 Å². The molecule has 0 bridgehead atoms. The lowest BCUT2D eigenvalue weighted by atomic mass is 10.1. The molecule has 2 aliphatic heterocycles. The molecule has 2 unspecified atom stereocenters. The fraction of sp³-hybridized carbons (Fsp3) is 0.778. The minimum Gasteiger partial charge on any atom is -0.373 e. The molecule has 11 heavy (non-hydrogen) atoms. The van der Waals surface area contributed by atoms with Crippen LogP contribution in [0.15, 0.2) is 12.2 Å². The Balaban J connectivity index is 1.88. The number of hydrogen-bond donors (Lipinski definition) is 0. The molecule has 0 aromatic heterocycles. The molecule has 2 heterocycles. The zero-order valence-corrected chi connectivity index (χ0v) is 7.48. The average Bonchev–Trinajstić information content (AvgIpc) is 2.58. The smallest absolute Gasteiger partial charge is 0.0732 e. The van der Waals surface area contributed by atoms with Crippen molar-refractivity contribution in [2.75, 3.05) is 12.4 Å². The Kier molecular flexibility index (Phi) is 2.54. The Bertz CT molecular complexity index is 150. The predicted octanol–water partition coefficient (Wildman–Crippen LogP) is 2.23. The molecule has 0 radical (unpaired) electrons. The number of hydrogen-bond acceptors (Lipinski definition) is 2. The van der Waals surface area contributed by atoms with Gasteiger partial charge in [0, 0.05) is 5.25 Å². The first kappa shape index (κ1) is 7.69. The van der Waals surface area contributed by atoms with Crippen molar-refractivity contribution in [1.82, 2.24) is 0 Å². The molecule has 1 saturated heterocycles. The molecule has 0 aromatic rings. The van der Waals surface area contributed by atoms with Crippen molar-refractivity contribution in [3.05, 3.63) is 12.2 Å². The van der Waals surface area contributed by atoms with E-state index in [0.717, 1.165) is 18.3 Å². The van der Waals surface area contributed by atoms with E-state index in [4.69, 9.17) is 4.74 Å². The molecule has 0 aromatic carbocycles. The van der Waals surface area contributed by atoms with Crippen LogP contribution < -0.4 is 0 Å². The van der Waals surface area contributed by atoms with Crippen LogP contribution in [0.1, 0.15) is 19.3 Å². The summed E-state index contributed by atoms with van der Waals surface area (Å²) in [5.74, 6) is 1.34. The molecule has 2 atom stereocenters. The molecule has 1 nitrogen and oxygen atoms in total. The van der Waals surface area contributed by atoms with Crippen molar-refractivity contribution < 1.29 is 4.74 Å². The summed E-state index contributed by atoms with van der Waals surface area (Å²) in [5.41, 5.74) is 0. The fourth-order valence-electron chi connectivity index (χ4n) is 1.70. The molecular formula is C9H14OS. The molecule has 0 amide bonds. The Hall–Kier alpha value is 0.0500. The van der Waals surface area contributed by atoms with E-state index >= 15 is 0 Å². The minimum absolute atomic E-state index is 0.521. The van der Waals surface area contributed by atoms with Crippen LogP contribution >= 0.6 is 11.8 Å². The van der Waals surface area contributed by atoms with Gasteiger partial charge in [-0.2, -0.15) is 11.8 Å². The van der Waals surface area contributed by atoms with Gasteiger partial charge in [0.25, 0.3) is 0 Å². The van der Waals surface area contributed by atoms with Crippen LogP contribution in [0.25, 0.3) is 0 Å². The lowest BCUT2D eigenvalue weighted by Gasteiger charge is -2.23. The second kappa shape index (κ2) is 3.63. The summed E-state index contributed by atoms with van der Waals surface area (Å²) in [5, 5.41) is 0.792. The zero-order valence-electron chi connectivity index (χ0n) is 6.66.